The Hall–Kier alpha value is -3.80. The third-order valence-electron chi connectivity index (χ3n) is 6.77. The smallest absolute Gasteiger partial charge is 0.408 e. The second-order valence-electron chi connectivity index (χ2n) is 10.3. The van der Waals surface area contributed by atoms with Crippen LogP contribution in [-0.4, -0.2) is 54.0 Å². The van der Waals surface area contributed by atoms with E-state index in [0.717, 1.165) is 15.4 Å². The molecule has 0 fully saturated rings. The molecule has 39 heavy (non-hydrogen) atoms. The summed E-state index contributed by atoms with van der Waals surface area (Å²) in [5, 5.41) is 19.8. The second kappa shape index (κ2) is 11.5. The lowest BCUT2D eigenvalue weighted by atomic mass is 9.94. The van der Waals surface area contributed by atoms with Gasteiger partial charge in [-0.15, -0.1) is 0 Å². The van der Waals surface area contributed by atoms with Crippen molar-refractivity contribution in [3.8, 4) is 5.75 Å². The van der Waals surface area contributed by atoms with Crippen molar-refractivity contribution in [3.05, 3.63) is 58.1 Å². The fourth-order valence-electron chi connectivity index (χ4n) is 4.72. The van der Waals surface area contributed by atoms with Crippen LogP contribution in [0.15, 0.2) is 35.2 Å². The van der Waals surface area contributed by atoms with Gasteiger partial charge in [-0.25, -0.2) is 22.3 Å². The maximum Gasteiger partial charge on any atom is 0.408 e. The van der Waals surface area contributed by atoms with Crippen LogP contribution in [0.3, 0.4) is 0 Å². The monoisotopic (exact) mass is 560 g/mol. The number of carbonyl (C=O) groups excluding carboxylic acids is 1. The predicted molar refractivity (Wildman–Crippen MR) is 145 cm³/mol. The van der Waals surface area contributed by atoms with Crippen molar-refractivity contribution < 1.29 is 32.6 Å². The molecule has 12 heteroatoms. The van der Waals surface area contributed by atoms with E-state index in [1.54, 1.807) is 45.0 Å². The molecule has 2 aromatic carbocycles. The van der Waals surface area contributed by atoms with Gasteiger partial charge in [-0.1, -0.05) is 30.3 Å². The van der Waals surface area contributed by atoms with Gasteiger partial charge in [0.25, 0.3) is 10.0 Å². The van der Waals surface area contributed by atoms with Gasteiger partial charge in [-0.3, -0.25) is 5.41 Å². The highest BCUT2D eigenvalue weighted by Gasteiger charge is 2.38. The van der Waals surface area contributed by atoms with Crippen molar-refractivity contribution >= 4 is 28.0 Å². The van der Waals surface area contributed by atoms with E-state index in [4.69, 9.17) is 20.6 Å². The number of hydrogen-bond acceptors (Lipinski definition) is 7. The van der Waals surface area contributed by atoms with Crippen molar-refractivity contribution in [2.45, 2.75) is 77.0 Å². The Bertz CT molecular complexity index is 1370. The zero-order chi connectivity index (χ0) is 29.1. The number of carboxylic acids is 1. The van der Waals surface area contributed by atoms with E-state index >= 15 is 0 Å². The predicted octanol–water partition coefficient (Wildman–Crippen LogP) is 3.37. The van der Waals surface area contributed by atoms with Crippen molar-refractivity contribution in [1.29, 1.82) is 5.41 Å². The summed E-state index contributed by atoms with van der Waals surface area (Å²) in [6, 6.07) is 7.59. The number of aliphatic carboxylic acids is 1. The largest absolute Gasteiger partial charge is 0.487 e. The van der Waals surface area contributed by atoms with Crippen LogP contribution in [0.2, 0.25) is 0 Å². The molecule has 3 rings (SSSR count). The van der Waals surface area contributed by atoms with E-state index in [-0.39, 0.29) is 30.9 Å². The Kier molecular flexibility index (Phi) is 8.79. The number of alkyl carbamates (subject to hydrolysis) is 1. The number of guanidine groups is 1. The van der Waals surface area contributed by atoms with E-state index in [0.29, 0.717) is 28.9 Å². The number of rotatable bonds is 10. The topological polar surface area (TPSA) is 172 Å². The zero-order valence-corrected chi connectivity index (χ0v) is 23.6. The molecule has 1 amide bonds. The van der Waals surface area contributed by atoms with Gasteiger partial charge >= 0.3 is 12.1 Å². The summed E-state index contributed by atoms with van der Waals surface area (Å²) >= 11 is 0. The van der Waals surface area contributed by atoms with Gasteiger partial charge in [0.1, 0.15) is 24.0 Å². The molecule has 2 aromatic rings. The summed E-state index contributed by atoms with van der Waals surface area (Å²) in [6.45, 7) is 8.78. The molecule has 1 heterocycles. The Labute approximate surface area is 228 Å². The fourth-order valence-corrected chi connectivity index (χ4v) is 6.61. The number of hydrogen-bond donors (Lipinski definition) is 4. The Balaban J connectivity index is 1.73. The van der Waals surface area contributed by atoms with Gasteiger partial charge in [-0.2, -0.15) is 0 Å². The molecule has 0 saturated carbocycles. The molecular formula is C27H36N4O7S. The van der Waals surface area contributed by atoms with E-state index in [1.165, 1.54) is 0 Å². The number of carboxylic acid groups (broad SMARTS) is 1. The zero-order valence-electron chi connectivity index (χ0n) is 22.8. The van der Waals surface area contributed by atoms with Gasteiger partial charge in [0.15, 0.2) is 0 Å². The van der Waals surface area contributed by atoms with Gasteiger partial charge < -0.3 is 25.6 Å². The number of amides is 1. The molecule has 0 bridgehead atoms. The quantitative estimate of drug-likeness (QED) is 0.253. The number of nitrogens with one attached hydrogen (secondary N) is 2. The lowest BCUT2D eigenvalue weighted by Crippen LogP contribution is -2.44. The normalized spacial score (nSPS) is 14.6. The Morgan fingerprint density at radius 3 is 2.41 bits per heavy atom. The number of fused-ring (bicyclic) bond motifs is 1. The number of carbonyl (C=O) groups is 2. The third kappa shape index (κ3) is 6.62. The minimum Gasteiger partial charge on any atom is -0.487 e. The van der Waals surface area contributed by atoms with Gasteiger partial charge in [-0.05, 0) is 69.7 Å². The van der Waals surface area contributed by atoms with Crippen LogP contribution in [0.25, 0.3) is 0 Å². The summed E-state index contributed by atoms with van der Waals surface area (Å²) in [4.78, 5) is 24.0. The van der Waals surface area contributed by atoms with Crippen LogP contribution in [-0.2, 0) is 32.6 Å². The van der Waals surface area contributed by atoms with E-state index < -0.39 is 39.7 Å². The summed E-state index contributed by atoms with van der Waals surface area (Å²) < 4.78 is 39.5. The first-order chi connectivity index (χ1) is 18.2. The highest BCUT2D eigenvalue weighted by Crippen LogP contribution is 2.44. The Morgan fingerprint density at radius 2 is 1.82 bits per heavy atom. The molecule has 1 atom stereocenters. The number of sulfonamides is 1. The minimum atomic E-state index is -4.25. The van der Waals surface area contributed by atoms with Crippen LogP contribution in [0, 0.1) is 26.2 Å². The van der Waals surface area contributed by atoms with Crippen molar-refractivity contribution in [3.63, 3.8) is 0 Å². The standard InChI is InChI=1S/C27H36N4O7S/c1-16-17(2)23(18(3)20-14-27(4,5)38-22(16)20)39(35,36)31(25(28)29)13-9-12-21(24(32)33)30-26(34)37-15-19-10-7-6-8-11-19/h6-8,10-11,21H,9,12-15H2,1-5H3,(H3,28,29)(H,30,34)(H,32,33)/t21-/m0/s1. The molecule has 0 saturated heterocycles. The molecule has 0 aliphatic carbocycles. The van der Waals surface area contributed by atoms with E-state index in [1.807, 2.05) is 19.9 Å². The van der Waals surface area contributed by atoms with Crippen molar-refractivity contribution in [1.82, 2.24) is 9.62 Å². The van der Waals surface area contributed by atoms with Crippen LogP contribution in [0.5, 0.6) is 5.75 Å². The maximum absolute atomic E-state index is 13.8. The second-order valence-corrected chi connectivity index (χ2v) is 12.1. The first-order valence-corrected chi connectivity index (χ1v) is 14.0. The molecule has 0 spiro atoms. The third-order valence-corrected chi connectivity index (χ3v) is 8.85. The average molecular weight is 561 g/mol. The molecule has 5 N–H and O–H groups in total. The maximum atomic E-state index is 13.8. The SMILES string of the molecule is Cc1c(C)c(S(=O)(=O)N(CCC[C@H](NC(=O)OCc2ccccc2)C(=O)O)C(=N)N)c(C)c2c1OC(C)(C)C2. The summed E-state index contributed by atoms with van der Waals surface area (Å²) in [5.74, 6) is -1.31. The summed E-state index contributed by atoms with van der Waals surface area (Å²) in [6.07, 6.45) is -0.484. The van der Waals surface area contributed by atoms with Crippen molar-refractivity contribution in [2.24, 2.45) is 5.73 Å². The molecule has 212 valence electrons. The minimum absolute atomic E-state index is 0.00685. The van der Waals surface area contributed by atoms with Crippen LogP contribution < -0.4 is 15.8 Å². The van der Waals surface area contributed by atoms with Crippen molar-refractivity contribution in [2.75, 3.05) is 6.54 Å². The lowest BCUT2D eigenvalue weighted by Gasteiger charge is -2.26. The first kappa shape index (κ1) is 29.8. The molecule has 1 aliphatic rings. The van der Waals surface area contributed by atoms with Crippen LogP contribution >= 0.6 is 0 Å². The molecule has 0 unspecified atom stereocenters. The molecular weight excluding hydrogens is 524 g/mol. The Morgan fingerprint density at radius 1 is 1.18 bits per heavy atom. The molecule has 1 aliphatic heterocycles. The van der Waals surface area contributed by atoms with Crippen LogP contribution in [0.1, 0.15) is 54.5 Å². The highest BCUT2D eigenvalue weighted by molar-refractivity contribution is 7.89. The molecule has 0 aromatic heterocycles. The molecule has 0 radical (unpaired) electrons. The molecule has 11 nitrogen and oxygen atoms in total. The number of nitrogens with zero attached hydrogens (tertiary/aromatic N) is 1. The summed E-state index contributed by atoms with van der Waals surface area (Å²) in [7, 11) is -4.25. The first-order valence-electron chi connectivity index (χ1n) is 12.5. The number of nitrogens with two attached hydrogens (primary N) is 1. The summed E-state index contributed by atoms with van der Waals surface area (Å²) in [5.41, 5.74) is 8.51. The van der Waals surface area contributed by atoms with E-state index in [9.17, 15) is 23.1 Å². The highest BCUT2D eigenvalue weighted by atomic mass is 32.2. The number of benzene rings is 2. The van der Waals surface area contributed by atoms with Crippen LogP contribution in [0.4, 0.5) is 4.79 Å². The average Bonchev–Trinajstić information content (AvgIpc) is 3.19. The van der Waals surface area contributed by atoms with Gasteiger partial charge in [0, 0.05) is 18.5 Å². The van der Waals surface area contributed by atoms with Gasteiger partial charge in [0.05, 0.1) is 4.90 Å². The number of ether oxygens (including phenoxy) is 2. The van der Waals surface area contributed by atoms with Gasteiger partial charge in [0.2, 0.25) is 5.96 Å². The fraction of sp³-hybridized carbons (Fsp3) is 0.444. The lowest BCUT2D eigenvalue weighted by molar-refractivity contribution is -0.139. The van der Waals surface area contributed by atoms with E-state index in [2.05, 4.69) is 5.32 Å².